The second-order valence-corrected chi connectivity index (χ2v) is 7.13. The number of carbonyl (C=O) groups is 2. The number of amides is 2. The second-order valence-electron chi connectivity index (χ2n) is 7.13. The van der Waals surface area contributed by atoms with Crippen molar-refractivity contribution >= 4 is 11.8 Å². The number of rotatable bonds is 6. The number of likely N-dealkylation sites (tertiary alicyclic amines) is 1. The number of morpholine rings is 1. The highest BCUT2D eigenvalue weighted by Gasteiger charge is 2.27. The summed E-state index contributed by atoms with van der Waals surface area (Å²) in [5.74, 6) is 1.12. The summed E-state index contributed by atoms with van der Waals surface area (Å²) in [6.45, 7) is 3.26. The van der Waals surface area contributed by atoms with Crippen molar-refractivity contribution in [2.24, 2.45) is 0 Å². The molecule has 0 saturated carbocycles. The van der Waals surface area contributed by atoms with Gasteiger partial charge in [0.25, 0.3) is 5.91 Å². The number of hydrogen-bond donors (Lipinski definition) is 2. The van der Waals surface area contributed by atoms with E-state index in [9.17, 15) is 9.59 Å². The molecule has 1 aromatic carbocycles. The Morgan fingerprint density at radius 3 is 2.68 bits per heavy atom. The number of benzene rings is 1. The van der Waals surface area contributed by atoms with Crippen molar-refractivity contribution in [3.8, 4) is 11.5 Å². The molecule has 0 spiro atoms. The summed E-state index contributed by atoms with van der Waals surface area (Å²) in [4.78, 5) is 26.9. The van der Waals surface area contributed by atoms with Crippen LogP contribution in [-0.4, -0.2) is 75.9 Å². The highest BCUT2D eigenvalue weighted by atomic mass is 16.5. The molecule has 0 aromatic heterocycles. The van der Waals surface area contributed by atoms with Crippen LogP contribution in [0.25, 0.3) is 0 Å². The molecule has 8 nitrogen and oxygen atoms in total. The van der Waals surface area contributed by atoms with E-state index >= 15 is 0 Å². The van der Waals surface area contributed by atoms with Crippen molar-refractivity contribution in [3.05, 3.63) is 23.8 Å². The molecular weight excluding hydrogens is 362 g/mol. The SMILES string of the molecule is COc1ccc(C(=O)N2CCC(NC(=O)CC3COCCN3)CC2)c(OC)c1. The molecule has 2 N–H and O–H groups in total. The summed E-state index contributed by atoms with van der Waals surface area (Å²) < 4.78 is 15.9. The van der Waals surface area contributed by atoms with Gasteiger partial charge in [-0.3, -0.25) is 9.59 Å². The third-order valence-electron chi connectivity index (χ3n) is 5.22. The van der Waals surface area contributed by atoms with Crippen LogP contribution in [0.4, 0.5) is 0 Å². The van der Waals surface area contributed by atoms with E-state index in [0.29, 0.717) is 49.8 Å². The van der Waals surface area contributed by atoms with Crippen LogP contribution in [0.15, 0.2) is 18.2 Å². The molecule has 1 unspecified atom stereocenters. The van der Waals surface area contributed by atoms with Gasteiger partial charge >= 0.3 is 0 Å². The first-order valence-corrected chi connectivity index (χ1v) is 9.72. The van der Waals surface area contributed by atoms with Gasteiger partial charge in [-0.15, -0.1) is 0 Å². The fourth-order valence-electron chi connectivity index (χ4n) is 3.63. The van der Waals surface area contributed by atoms with Crippen LogP contribution in [0.5, 0.6) is 11.5 Å². The summed E-state index contributed by atoms with van der Waals surface area (Å²) in [6.07, 6.45) is 1.90. The average Bonchev–Trinajstić information content (AvgIpc) is 2.74. The lowest BCUT2D eigenvalue weighted by atomic mass is 10.0. The van der Waals surface area contributed by atoms with Crippen LogP contribution in [0.2, 0.25) is 0 Å². The normalized spacial score (nSPS) is 20.5. The zero-order valence-corrected chi connectivity index (χ0v) is 16.5. The summed E-state index contributed by atoms with van der Waals surface area (Å²) in [5, 5.41) is 6.38. The van der Waals surface area contributed by atoms with Crippen LogP contribution in [0.3, 0.4) is 0 Å². The van der Waals surface area contributed by atoms with E-state index in [2.05, 4.69) is 10.6 Å². The molecule has 2 aliphatic heterocycles. The Morgan fingerprint density at radius 1 is 1.25 bits per heavy atom. The molecule has 0 aliphatic carbocycles. The van der Waals surface area contributed by atoms with Gasteiger partial charge in [-0.25, -0.2) is 0 Å². The van der Waals surface area contributed by atoms with E-state index in [4.69, 9.17) is 14.2 Å². The number of nitrogens with one attached hydrogen (secondary N) is 2. The lowest BCUT2D eigenvalue weighted by Crippen LogP contribution is -2.49. The fraction of sp³-hybridized carbons (Fsp3) is 0.600. The summed E-state index contributed by atoms with van der Waals surface area (Å²) in [7, 11) is 3.12. The maximum Gasteiger partial charge on any atom is 0.257 e. The van der Waals surface area contributed by atoms with Crippen LogP contribution >= 0.6 is 0 Å². The van der Waals surface area contributed by atoms with Gasteiger partial charge in [0.2, 0.25) is 5.91 Å². The van der Waals surface area contributed by atoms with Crippen LogP contribution in [-0.2, 0) is 9.53 Å². The van der Waals surface area contributed by atoms with Crippen molar-refractivity contribution in [1.29, 1.82) is 0 Å². The Bertz CT molecular complexity index is 682. The van der Waals surface area contributed by atoms with Crippen LogP contribution in [0.1, 0.15) is 29.6 Å². The first-order valence-electron chi connectivity index (χ1n) is 9.72. The molecule has 1 aromatic rings. The molecule has 0 bridgehead atoms. The third kappa shape index (κ3) is 5.14. The first-order chi connectivity index (χ1) is 13.6. The molecule has 2 fully saturated rings. The summed E-state index contributed by atoms with van der Waals surface area (Å²) in [5.41, 5.74) is 0.522. The highest BCUT2D eigenvalue weighted by Crippen LogP contribution is 2.26. The zero-order chi connectivity index (χ0) is 19.9. The van der Waals surface area contributed by atoms with Crippen molar-refractivity contribution < 1.29 is 23.8 Å². The predicted octanol–water partition coefficient (Wildman–Crippen LogP) is 0.803. The van der Waals surface area contributed by atoms with Crippen molar-refractivity contribution in [1.82, 2.24) is 15.5 Å². The Hall–Kier alpha value is -2.32. The van der Waals surface area contributed by atoms with Gasteiger partial charge in [0.05, 0.1) is 33.0 Å². The molecule has 3 rings (SSSR count). The van der Waals surface area contributed by atoms with Crippen molar-refractivity contribution in [3.63, 3.8) is 0 Å². The summed E-state index contributed by atoms with van der Waals surface area (Å²) in [6, 6.07) is 5.37. The van der Waals surface area contributed by atoms with E-state index in [-0.39, 0.29) is 23.9 Å². The van der Waals surface area contributed by atoms with Gasteiger partial charge in [0.15, 0.2) is 0 Å². The van der Waals surface area contributed by atoms with Crippen LogP contribution in [0, 0.1) is 0 Å². The molecule has 2 aliphatic rings. The smallest absolute Gasteiger partial charge is 0.257 e. The molecule has 0 radical (unpaired) electrons. The third-order valence-corrected chi connectivity index (χ3v) is 5.22. The van der Waals surface area contributed by atoms with Gasteiger partial charge in [-0.1, -0.05) is 0 Å². The first kappa shape index (κ1) is 20.4. The Balaban J connectivity index is 1.49. The topological polar surface area (TPSA) is 89.1 Å². The average molecular weight is 391 g/mol. The van der Waals surface area contributed by atoms with Gasteiger partial charge in [0.1, 0.15) is 11.5 Å². The van der Waals surface area contributed by atoms with Gasteiger partial charge in [-0.2, -0.15) is 0 Å². The minimum absolute atomic E-state index is 0.0320. The highest BCUT2D eigenvalue weighted by molar-refractivity contribution is 5.97. The van der Waals surface area contributed by atoms with Crippen molar-refractivity contribution in [2.75, 3.05) is 47.1 Å². The van der Waals surface area contributed by atoms with E-state index in [1.165, 1.54) is 0 Å². The van der Waals surface area contributed by atoms with E-state index in [0.717, 1.165) is 19.4 Å². The number of hydrogen-bond acceptors (Lipinski definition) is 6. The number of ether oxygens (including phenoxy) is 3. The monoisotopic (exact) mass is 391 g/mol. The lowest BCUT2D eigenvalue weighted by molar-refractivity contribution is -0.123. The molecule has 2 heterocycles. The summed E-state index contributed by atoms with van der Waals surface area (Å²) >= 11 is 0. The minimum atomic E-state index is -0.0622. The molecule has 2 saturated heterocycles. The second kappa shape index (κ2) is 9.75. The molecular formula is C20H29N3O5. The number of piperidine rings is 1. The van der Waals surface area contributed by atoms with Gasteiger partial charge in [0, 0.05) is 44.2 Å². The molecule has 154 valence electrons. The quantitative estimate of drug-likeness (QED) is 0.746. The van der Waals surface area contributed by atoms with E-state index < -0.39 is 0 Å². The minimum Gasteiger partial charge on any atom is -0.497 e. The van der Waals surface area contributed by atoms with Gasteiger partial charge < -0.3 is 29.7 Å². The lowest BCUT2D eigenvalue weighted by Gasteiger charge is -2.33. The fourth-order valence-corrected chi connectivity index (χ4v) is 3.63. The Kier molecular flexibility index (Phi) is 7.11. The van der Waals surface area contributed by atoms with E-state index in [1.54, 1.807) is 32.4 Å². The molecule has 28 heavy (non-hydrogen) atoms. The largest absolute Gasteiger partial charge is 0.497 e. The molecule has 1 atom stereocenters. The predicted molar refractivity (Wildman–Crippen MR) is 104 cm³/mol. The maximum atomic E-state index is 12.9. The van der Waals surface area contributed by atoms with E-state index in [1.807, 2.05) is 4.90 Å². The van der Waals surface area contributed by atoms with Crippen molar-refractivity contribution in [2.45, 2.75) is 31.3 Å². The number of methoxy groups -OCH3 is 2. The number of carbonyl (C=O) groups excluding carboxylic acids is 2. The standard InChI is InChI=1S/C20H29N3O5/c1-26-16-3-4-17(18(12-16)27-2)20(25)23-8-5-14(6-9-23)22-19(24)11-15-13-28-10-7-21-15/h3-4,12,14-15,21H,5-11,13H2,1-2H3,(H,22,24). The van der Waals surface area contributed by atoms with Crippen LogP contribution < -0.4 is 20.1 Å². The maximum absolute atomic E-state index is 12.9. The Morgan fingerprint density at radius 2 is 2.04 bits per heavy atom. The zero-order valence-electron chi connectivity index (χ0n) is 16.5. The Labute approximate surface area is 165 Å². The van der Waals surface area contributed by atoms with Gasteiger partial charge in [-0.05, 0) is 25.0 Å². The number of nitrogens with zero attached hydrogens (tertiary/aromatic N) is 1. The molecule has 2 amide bonds. The molecule has 8 heteroatoms.